The molecule has 2 heterocycles. The number of amides is 1. The van der Waals surface area contributed by atoms with Crippen molar-refractivity contribution >= 4 is 23.4 Å². The minimum atomic E-state index is 0.130. The lowest BCUT2D eigenvalue weighted by atomic mass is 10.3. The van der Waals surface area contributed by atoms with Crippen LogP contribution in [0, 0.1) is 0 Å². The van der Waals surface area contributed by atoms with Crippen LogP contribution < -0.4 is 9.80 Å². The average molecular weight is 325 g/mol. The smallest absolute Gasteiger partial charge is 0.227 e. The van der Waals surface area contributed by atoms with Gasteiger partial charge in [0.1, 0.15) is 5.82 Å². The highest BCUT2D eigenvalue weighted by Gasteiger charge is 2.21. The molecule has 3 rings (SSSR count). The van der Waals surface area contributed by atoms with Gasteiger partial charge >= 0.3 is 0 Å². The molecular weight excluding hydrogens is 302 g/mol. The highest BCUT2D eigenvalue weighted by molar-refractivity contribution is 5.73. The number of hydrogen-bond donors (Lipinski definition) is 0. The summed E-state index contributed by atoms with van der Waals surface area (Å²) < 4.78 is 0. The molecule has 1 aromatic heterocycles. The molecule has 0 spiro atoms. The number of piperazine rings is 1. The molecule has 6 nitrogen and oxygen atoms in total. The first kappa shape index (κ1) is 16.2. The Balaban J connectivity index is 1.78. The van der Waals surface area contributed by atoms with E-state index in [1.54, 1.807) is 13.1 Å². The van der Waals surface area contributed by atoms with Gasteiger partial charge in [-0.1, -0.05) is 18.2 Å². The number of nitrogens with zero attached hydrogens (tertiary/aromatic N) is 5. The van der Waals surface area contributed by atoms with Crippen LogP contribution in [0.3, 0.4) is 0 Å². The first-order chi connectivity index (χ1) is 11.7. The normalized spacial score (nSPS) is 14.6. The third-order valence-electron chi connectivity index (χ3n) is 4.30. The van der Waals surface area contributed by atoms with Gasteiger partial charge in [-0.15, -0.1) is 0 Å². The molecule has 1 amide bonds. The van der Waals surface area contributed by atoms with E-state index in [0.717, 1.165) is 50.2 Å². The number of anilines is 3. The van der Waals surface area contributed by atoms with E-state index in [1.807, 2.05) is 29.2 Å². The van der Waals surface area contributed by atoms with Crippen LogP contribution in [0.5, 0.6) is 0 Å². The van der Waals surface area contributed by atoms with Crippen molar-refractivity contribution in [1.29, 1.82) is 0 Å². The molecule has 6 heteroatoms. The van der Waals surface area contributed by atoms with Crippen LogP contribution in [0.15, 0.2) is 42.6 Å². The number of aromatic nitrogens is 2. The fraction of sp³-hybridized carbons (Fsp3) is 0.389. The molecule has 0 atom stereocenters. The second kappa shape index (κ2) is 7.29. The Morgan fingerprint density at radius 1 is 1.12 bits per heavy atom. The zero-order chi connectivity index (χ0) is 16.9. The van der Waals surface area contributed by atoms with Crippen molar-refractivity contribution in [3.63, 3.8) is 0 Å². The third kappa shape index (κ3) is 3.48. The quantitative estimate of drug-likeness (QED) is 0.863. The molecular formula is C18H23N5O. The predicted octanol–water partition coefficient (Wildman–Crippen LogP) is 2.30. The van der Waals surface area contributed by atoms with E-state index in [0.29, 0.717) is 0 Å². The topological polar surface area (TPSA) is 52.6 Å². The Hall–Kier alpha value is -2.63. The number of para-hydroxylation sites is 1. The van der Waals surface area contributed by atoms with E-state index in [1.165, 1.54) is 0 Å². The van der Waals surface area contributed by atoms with E-state index in [4.69, 9.17) is 4.98 Å². The number of hydrogen-bond acceptors (Lipinski definition) is 5. The van der Waals surface area contributed by atoms with Gasteiger partial charge in [0.25, 0.3) is 0 Å². The lowest BCUT2D eigenvalue weighted by Gasteiger charge is -2.34. The van der Waals surface area contributed by atoms with Crippen molar-refractivity contribution < 1.29 is 4.79 Å². The molecule has 0 bridgehead atoms. The van der Waals surface area contributed by atoms with Crippen molar-refractivity contribution in [2.24, 2.45) is 0 Å². The summed E-state index contributed by atoms with van der Waals surface area (Å²) in [4.78, 5) is 26.8. The summed E-state index contributed by atoms with van der Waals surface area (Å²) >= 11 is 0. The highest BCUT2D eigenvalue weighted by Crippen LogP contribution is 2.24. The summed E-state index contributed by atoms with van der Waals surface area (Å²) in [6.07, 6.45) is 1.81. The van der Waals surface area contributed by atoms with E-state index >= 15 is 0 Å². The van der Waals surface area contributed by atoms with Crippen molar-refractivity contribution in [1.82, 2.24) is 14.9 Å². The molecule has 1 saturated heterocycles. The Labute approximate surface area is 142 Å². The molecule has 1 aromatic carbocycles. The maximum absolute atomic E-state index is 11.5. The molecule has 0 saturated carbocycles. The van der Waals surface area contributed by atoms with E-state index in [9.17, 15) is 4.79 Å². The Morgan fingerprint density at radius 2 is 1.83 bits per heavy atom. The summed E-state index contributed by atoms with van der Waals surface area (Å²) in [6.45, 7) is 7.53. The van der Waals surface area contributed by atoms with Gasteiger partial charge in [-0.3, -0.25) is 4.79 Å². The number of carbonyl (C=O) groups excluding carboxylic acids is 1. The molecule has 0 unspecified atom stereocenters. The average Bonchev–Trinajstić information content (AvgIpc) is 2.64. The largest absolute Gasteiger partial charge is 0.339 e. The molecule has 1 aliphatic heterocycles. The van der Waals surface area contributed by atoms with Gasteiger partial charge in [0, 0.05) is 51.5 Å². The van der Waals surface area contributed by atoms with Crippen LogP contribution in [0.25, 0.3) is 0 Å². The van der Waals surface area contributed by atoms with E-state index < -0.39 is 0 Å². The fourth-order valence-corrected chi connectivity index (χ4v) is 2.95. The third-order valence-corrected chi connectivity index (χ3v) is 4.30. The minimum absolute atomic E-state index is 0.130. The van der Waals surface area contributed by atoms with Gasteiger partial charge in [0.15, 0.2) is 0 Å². The van der Waals surface area contributed by atoms with Crippen molar-refractivity contribution in [2.45, 2.75) is 13.8 Å². The Morgan fingerprint density at radius 3 is 2.46 bits per heavy atom. The second-order valence-corrected chi connectivity index (χ2v) is 5.79. The molecule has 0 N–H and O–H groups in total. The van der Waals surface area contributed by atoms with Crippen molar-refractivity contribution in [3.8, 4) is 0 Å². The maximum Gasteiger partial charge on any atom is 0.227 e. The monoisotopic (exact) mass is 325 g/mol. The number of carbonyl (C=O) groups is 1. The summed E-state index contributed by atoms with van der Waals surface area (Å²) in [5.74, 6) is 1.75. The summed E-state index contributed by atoms with van der Waals surface area (Å²) in [7, 11) is 0. The highest BCUT2D eigenvalue weighted by atomic mass is 16.2. The maximum atomic E-state index is 11.5. The Kier molecular flexibility index (Phi) is 4.93. The van der Waals surface area contributed by atoms with Gasteiger partial charge in [0.05, 0.1) is 0 Å². The molecule has 2 aromatic rings. The summed E-state index contributed by atoms with van der Waals surface area (Å²) in [5, 5.41) is 0. The van der Waals surface area contributed by atoms with Crippen molar-refractivity contribution in [2.75, 3.05) is 42.5 Å². The van der Waals surface area contributed by atoms with Gasteiger partial charge in [0.2, 0.25) is 11.9 Å². The van der Waals surface area contributed by atoms with Crippen LogP contribution in [0.1, 0.15) is 13.8 Å². The second-order valence-electron chi connectivity index (χ2n) is 5.79. The van der Waals surface area contributed by atoms with Gasteiger partial charge in [-0.05, 0) is 25.1 Å². The molecule has 24 heavy (non-hydrogen) atoms. The van der Waals surface area contributed by atoms with Crippen LogP contribution in [-0.2, 0) is 4.79 Å². The first-order valence-electron chi connectivity index (χ1n) is 8.35. The van der Waals surface area contributed by atoms with E-state index in [-0.39, 0.29) is 5.91 Å². The number of benzene rings is 1. The molecule has 1 fully saturated rings. The van der Waals surface area contributed by atoms with Crippen LogP contribution >= 0.6 is 0 Å². The predicted molar refractivity (Wildman–Crippen MR) is 95.6 cm³/mol. The molecule has 126 valence electrons. The lowest BCUT2D eigenvalue weighted by Crippen LogP contribution is -2.48. The molecule has 0 radical (unpaired) electrons. The number of rotatable bonds is 4. The van der Waals surface area contributed by atoms with Crippen molar-refractivity contribution in [3.05, 3.63) is 42.6 Å². The SMILES string of the molecule is CCN(c1ccccc1)c1ccnc(N2CCN(C(C)=O)CC2)n1. The Bertz CT molecular complexity index is 683. The summed E-state index contributed by atoms with van der Waals surface area (Å²) in [5.41, 5.74) is 1.12. The zero-order valence-corrected chi connectivity index (χ0v) is 14.2. The summed E-state index contributed by atoms with van der Waals surface area (Å²) in [6, 6.07) is 12.2. The first-order valence-corrected chi connectivity index (χ1v) is 8.35. The minimum Gasteiger partial charge on any atom is -0.339 e. The van der Waals surface area contributed by atoms with Crippen LogP contribution in [-0.4, -0.2) is 53.5 Å². The van der Waals surface area contributed by atoms with Crippen LogP contribution in [0.4, 0.5) is 17.5 Å². The zero-order valence-electron chi connectivity index (χ0n) is 14.2. The van der Waals surface area contributed by atoms with Gasteiger partial charge in [-0.2, -0.15) is 4.98 Å². The molecule has 0 aliphatic carbocycles. The fourth-order valence-electron chi connectivity index (χ4n) is 2.95. The van der Waals surface area contributed by atoms with Crippen LogP contribution in [0.2, 0.25) is 0 Å². The molecule has 1 aliphatic rings. The standard InChI is InChI=1S/C18H23N5O/c1-3-23(16-7-5-4-6-8-16)17-9-10-19-18(20-17)22-13-11-21(12-14-22)15(2)24/h4-10H,3,11-14H2,1-2H3. The van der Waals surface area contributed by atoms with E-state index in [2.05, 4.69) is 33.8 Å². The van der Waals surface area contributed by atoms with Gasteiger partial charge in [-0.25, -0.2) is 4.98 Å². The van der Waals surface area contributed by atoms with Gasteiger partial charge < -0.3 is 14.7 Å². The lowest BCUT2D eigenvalue weighted by molar-refractivity contribution is -0.129.